The summed E-state index contributed by atoms with van der Waals surface area (Å²) in [5.74, 6) is -0.287. The van der Waals surface area contributed by atoms with Crippen molar-refractivity contribution in [1.82, 2.24) is 4.90 Å². The van der Waals surface area contributed by atoms with Crippen LogP contribution in [0.4, 0.5) is 0 Å². The lowest BCUT2D eigenvalue weighted by Gasteiger charge is -2.36. The van der Waals surface area contributed by atoms with Gasteiger partial charge >= 0.3 is 11.9 Å². The molecule has 2 fully saturated rings. The second kappa shape index (κ2) is 10.1. The fraction of sp³-hybridized carbons (Fsp3) is 0.900. The van der Waals surface area contributed by atoms with E-state index in [1.54, 1.807) is 0 Å². The number of likely N-dealkylation sites (N-methyl/N-ethyl adjacent to an activating group) is 1. The van der Waals surface area contributed by atoms with Crippen molar-refractivity contribution in [3.63, 3.8) is 0 Å². The highest BCUT2D eigenvalue weighted by molar-refractivity contribution is 5.69. The molecule has 5 nitrogen and oxygen atoms in total. The Morgan fingerprint density at radius 2 is 1.64 bits per heavy atom. The Balaban J connectivity index is 1.64. The average Bonchev–Trinajstić information content (AvgIpc) is 2.72. The number of ether oxygens (including phenoxy) is 2. The lowest BCUT2D eigenvalue weighted by Crippen LogP contribution is -2.46. The minimum Gasteiger partial charge on any atom is -0.462 e. The first-order valence-corrected chi connectivity index (χ1v) is 10.1. The Bertz CT molecular complexity index is 439. The summed E-state index contributed by atoms with van der Waals surface area (Å²) in [5, 5.41) is 0. The Kier molecular flexibility index (Phi) is 8.20. The van der Waals surface area contributed by atoms with Crippen molar-refractivity contribution >= 4 is 11.9 Å². The van der Waals surface area contributed by atoms with E-state index in [4.69, 9.17) is 9.47 Å². The van der Waals surface area contributed by atoms with Crippen molar-refractivity contribution in [1.29, 1.82) is 0 Å². The molecule has 2 aliphatic heterocycles. The predicted octanol–water partition coefficient (Wildman–Crippen LogP) is 3.84. The summed E-state index contributed by atoms with van der Waals surface area (Å²) in [5.41, 5.74) is 0. The Morgan fingerprint density at radius 1 is 0.960 bits per heavy atom. The highest BCUT2D eigenvalue weighted by Crippen LogP contribution is 2.37. The molecule has 0 aliphatic carbocycles. The molecule has 0 N–H and O–H groups in total. The molecule has 144 valence electrons. The Labute approximate surface area is 152 Å². The van der Waals surface area contributed by atoms with Gasteiger partial charge in [-0.2, -0.15) is 0 Å². The van der Waals surface area contributed by atoms with Gasteiger partial charge in [0.15, 0.2) is 0 Å². The van der Waals surface area contributed by atoms with Gasteiger partial charge in [0.1, 0.15) is 12.2 Å². The zero-order valence-corrected chi connectivity index (χ0v) is 16.2. The fourth-order valence-corrected chi connectivity index (χ4v) is 4.28. The molecule has 4 atom stereocenters. The molecule has 2 saturated heterocycles. The van der Waals surface area contributed by atoms with E-state index in [9.17, 15) is 9.59 Å². The van der Waals surface area contributed by atoms with Crippen LogP contribution in [0.25, 0.3) is 0 Å². The van der Waals surface area contributed by atoms with E-state index in [2.05, 4.69) is 18.9 Å². The molecule has 25 heavy (non-hydrogen) atoms. The van der Waals surface area contributed by atoms with Crippen LogP contribution in [0.1, 0.15) is 84.5 Å². The van der Waals surface area contributed by atoms with Gasteiger partial charge in [-0.3, -0.25) is 14.5 Å². The summed E-state index contributed by atoms with van der Waals surface area (Å²) < 4.78 is 11.2. The number of fused-ring (bicyclic) bond motifs is 2. The monoisotopic (exact) mass is 353 g/mol. The maximum absolute atomic E-state index is 12.1. The van der Waals surface area contributed by atoms with Gasteiger partial charge in [0, 0.05) is 38.6 Å². The van der Waals surface area contributed by atoms with E-state index in [1.165, 1.54) is 39.0 Å². The number of esters is 2. The fourth-order valence-electron chi connectivity index (χ4n) is 4.28. The zero-order valence-electron chi connectivity index (χ0n) is 16.2. The van der Waals surface area contributed by atoms with Crippen LogP contribution in [0.5, 0.6) is 0 Å². The van der Waals surface area contributed by atoms with Crippen molar-refractivity contribution in [2.24, 2.45) is 0 Å². The summed E-state index contributed by atoms with van der Waals surface area (Å²) in [6.07, 6.45) is 11.4. The largest absolute Gasteiger partial charge is 0.462 e. The second-order valence-electron chi connectivity index (χ2n) is 7.72. The van der Waals surface area contributed by atoms with Gasteiger partial charge in [-0.1, -0.05) is 45.4 Å². The molecule has 0 aromatic heterocycles. The number of hydrogen-bond acceptors (Lipinski definition) is 5. The Hall–Kier alpha value is -1.10. The number of carbonyl (C=O) groups excluding carboxylic acids is 2. The number of rotatable bonds is 10. The lowest BCUT2D eigenvalue weighted by molar-refractivity contribution is -0.155. The van der Waals surface area contributed by atoms with E-state index in [0.717, 1.165) is 32.1 Å². The van der Waals surface area contributed by atoms with Crippen LogP contribution >= 0.6 is 0 Å². The smallest absolute Gasteiger partial charge is 0.306 e. The Morgan fingerprint density at radius 3 is 2.32 bits per heavy atom. The van der Waals surface area contributed by atoms with E-state index in [1.807, 2.05) is 0 Å². The van der Waals surface area contributed by atoms with Crippen LogP contribution in [0.3, 0.4) is 0 Å². The molecular weight excluding hydrogens is 318 g/mol. The molecule has 0 unspecified atom stereocenters. The van der Waals surface area contributed by atoms with Crippen LogP contribution in [-0.4, -0.2) is 48.2 Å². The minimum atomic E-state index is -0.224. The second-order valence-corrected chi connectivity index (χ2v) is 7.72. The van der Waals surface area contributed by atoms with Gasteiger partial charge in [0.25, 0.3) is 0 Å². The SMILES string of the molecule is CCCCCCCCCC(=O)O[C@H]1C[C@H]2C[C@H](OC(C)=O)[C@@H](C1)N2C. The van der Waals surface area contributed by atoms with Gasteiger partial charge in [-0.05, 0) is 13.5 Å². The van der Waals surface area contributed by atoms with Crippen molar-refractivity contribution in [2.75, 3.05) is 7.05 Å². The number of hydrogen-bond donors (Lipinski definition) is 0. The molecule has 5 heteroatoms. The van der Waals surface area contributed by atoms with Gasteiger partial charge in [-0.25, -0.2) is 0 Å². The van der Waals surface area contributed by atoms with Crippen LogP contribution in [0, 0.1) is 0 Å². The first-order chi connectivity index (χ1) is 12.0. The van der Waals surface area contributed by atoms with Crippen molar-refractivity contribution < 1.29 is 19.1 Å². The number of unbranched alkanes of at least 4 members (excludes halogenated alkanes) is 6. The molecule has 0 aromatic rings. The van der Waals surface area contributed by atoms with Gasteiger partial charge in [0.05, 0.1) is 6.04 Å². The number of piperidine rings is 1. The maximum atomic E-state index is 12.1. The first kappa shape index (κ1) is 20.2. The van der Waals surface area contributed by atoms with Gasteiger partial charge in [0.2, 0.25) is 0 Å². The van der Waals surface area contributed by atoms with Crippen molar-refractivity contribution in [2.45, 2.75) is 109 Å². The van der Waals surface area contributed by atoms with Crippen LogP contribution in [0.2, 0.25) is 0 Å². The van der Waals surface area contributed by atoms with Crippen LogP contribution in [0.15, 0.2) is 0 Å². The van der Waals surface area contributed by atoms with Crippen molar-refractivity contribution in [3.8, 4) is 0 Å². The van der Waals surface area contributed by atoms with E-state index < -0.39 is 0 Å². The number of nitrogens with zero attached hydrogens (tertiary/aromatic N) is 1. The maximum Gasteiger partial charge on any atom is 0.306 e. The minimum absolute atomic E-state index is 0.0242. The standard InChI is InChI=1S/C20H35NO4/c1-4-5-6-7-8-9-10-11-20(23)25-17-12-16-13-19(24-15(2)22)18(14-17)21(16)3/h16-19H,4-14H2,1-3H3/t16-,17-,18+,19-/m0/s1. The molecule has 0 radical (unpaired) electrons. The third-order valence-corrected chi connectivity index (χ3v) is 5.67. The summed E-state index contributed by atoms with van der Waals surface area (Å²) >= 11 is 0. The zero-order chi connectivity index (χ0) is 18.2. The summed E-state index contributed by atoms with van der Waals surface area (Å²) in [7, 11) is 2.08. The molecule has 2 aliphatic rings. The molecule has 2 heterocycles. The first-order valence-electron chi connectivity index (χ1n) is 10.1. The van der Waals surface area contributed by atoms with E-state index in [-0.39, 0.29) is 30.2 Å². The van der Waals surface area contributed by atoms with Gasteiger partial charge < -0.3 is 9.47 Å². The average molecular weight is 354 g/mol. The molecule has 0 spiro atoms. The molecule has 0 saturated carbocycles. The van der Waals surface area contributed by atoms with E-state index >= 15 is 0 Å². The van der Waals surface area contributed by atoms with Crippen molar-refractivity contribution in [3.05, 3.63) is 0 Å². The highest BCUT2D eigenvalue weighted by Gasteiger charge is 2.47. The highest BCUT2D eigenvalue weighted by atomic mass is 16.6. The lowest BCUT2D eigenvalue weighted by atomic mass is 10.00. The molecular formula is C20H35NO4. The van der Waals surface area contributed by atoms with Gasteiger partial charge in [-0.15, -0.1) is 0 Å². The topological polar surface area (TPSA) is 55.8 Å². The molecule has 0 amide bonds. The molecule has 0 aromatic carbocycles. The predicted molar refractivity (Wildman–Crippen MR) is 97.2 cm³/mol. The summed E-state index contributed by atoms with van der Waals surface area (Å²) in [4.78, 5) is 25.6. The van der Waals surface area contributed by atoms with Crippen LogP contribution < -0.4 is 0 Å². The van der Waals surface area contributed by atoms with E-state index in [0.29, 0.717) is 12.5 Å². The quantitative estimate of drug-likeness (QED) is 0.441. The van der Waals surface area contributed by atoms with Crippen LogP contribution in [-0.2, 0) is 19.1 Å². The third kappa shape index (κ3) is 6.28. The number of carbonyl (C=O) groups is 2. The summed E-state index contributed by atoms with van der Waals surface area (Å²) in [6.45, 7) is 3.68. The third-order valence-electron chi connectivity index (χ3n) is 5.67. The molecule has 2 bridgehead atoms. The molecule has 2 rings (SSSR count). The summed E-state index contributed by atoms with van der Waals surface area (Å²) in [6, 6.07) is 0.526. The normalized spacial score (nSPS) is 28.8.